The molecular formula is C14H13BrClN3O. The second-order valence-corrected chi connectivity index (χ2v) is 5.43. The molecule has 0 radical (unpaired) electrons. The van der Waals surface area contributed by atoms with Crippen LogP contribution in [0.15, 0.2) is 41.0 Å². The zero-order valence-corrected chi connectivity index (χ0v) is 13.1. The molecule has 1 aromatic heterocycles. The van der Waals surface area contributed by atoms with Gasteiger partial charge < -0.3 is 10.6 Å². The summed E-state index contributed by atoms with van der Waals surface area (Å²) < 4.78 is 1.00. The van der Waals surface area contributed by atoms with Crippen LogP contribution in [0.4, 0.5) is 5.82 Å². The summed E-state index contributed by atoms with van der Waals surface area (Å²) in [5, 5.41) is 6.04. The minimum Gasteiger partial charge on any atom is -0.373 e. The van der Waals surface area contributed by atoms with Gasteiger partial charge in [0.25, 0.3) is 5.91 Å². The third-order valence-electron chi connectivity index (χ3n) is 2.72. The predicted octanol–water partition coefficient (Wildman–Crippen LogP) is 3.47. The van der Waals surface area contributed by atoms with Gasteiger partial charge in [0.15, 0.2) is 0 Å². The Bertz CT molecular complexity index is 616. The van der Waals surface area contributed by atoms with Gasteiger partial charge in [0, 0.05) is 24.3 Å². The fourth-order valence-corrected chi connectivity index (χ4v) is 2.08. The molecule has 2 rings (SSSR count). The number of benzene rings is 1. The molecule has 2 aromatic rings. The Labute approximate surface area is 130 Å². The van der Waals surface area contributed by atoms with Crippen LogP contribution in [0.1, 0.15) is 15.9 Å². The highest BCUT2D eigenvalue weighted by atomic mass is 79.9. The highest BCUT2D eigenvalue weighted by molar-refractivity contribution is 9.10. The lowest BCUT2D eigenvalue weighted by Crippen LogP contribution is -2.23. The Kier molecular flexibility index (Phi) is 4.98. The van der Waals surface area contributed by atoms with Crippen molar-refractivity contribution >= 4 is 39.3 Å². The van der Waals surface area contributed by atoms with E-state index < -0.39 is 0 Å². The summed E-state index contributed by atoms with van der Waals surface area (Å²) in [6.45, 7) is 0.444. The predicted molar refractivity (Wildman–Crippen MR) is 84.1 cm³/mol. The number of carbonyl (C=O) groups is 1. The van der Waals surface area contributed by atoms with E-state index in [1.54, 1.807) is 13.1 Å². The van der Waals surface area contributed by atoms with E-state index in [0.717, 1.165) is 10.0 Å². The molecule has 1 aromatic carbocycles. The molecule has 0 fully saturated rings. The number of hydrogen-bond donors (Lipinski definition) is 2. The van der Waals surface area contributed by atoms with Crippen LogP contribution >= 0.6 is 27.5 Å². The molecule has 0 atom stereocenters. The van der Waals surface area contributed by atoms with Crippen molar-refractivity contribution in [1.82, 2.24) is 10.3 Å². The quantitative estimate of drug-likeness (QED) is 0.884. The number of carbonyl (C=O) groups excluding carboxylic acids is 1. The van der Waals surface area contributed by atoms with Crippen LogP contribution in [0.25, 0.3) is 0 Å². The zero-order chi connectivity index (χ0) is 14.5. The average Bonchev–Trinajstić information content (AvgIpc) is 2.47. The van der Waals surface area contributed by atoms with Gasteiger partial charge >= 0.3 is 0 Å². The normalized spacial score (nSPS) is 10.2. The monoisotopic (exact) mass is 353 g/mol. The molecule has 0 aliphatic carbocycles. The lowest BCUT2D eigenvalue weighted by Gasteiger charge is -2.08. The molecule has 4 nitrogen and oxygen atoms in total. The number of rotatable bonds is 4. The Hall–Kier alpha value is -1.59. The lowest BCUT2D eigenvalue weighted by molar-refractivity contribution is 0.0951. The summed E-state index contributed by atoms with van der Waals surface area (Å²) in [6.07, 6.45) is 1.46. The van der Waals surface area contributed by atoms with E-state index in [2.05, 4.69) is 31.5 Å². The molecule has 20 heavy (non-hydrogen) atoms. The van der Waals surface area contributed by atoms with Crippen molar-refractivity contribution < 1.29 is 4.79 Å². The van der Waals surface area contributed by atoms with E-state index >= 15 is 0 Å². The standard InChI is InChI=1S/C14H13BrClN3O/c1-17-13-6-11(12(16)8-18-13)14(20)19-7-9-2-4-10(15)5-3-9/h2-6,8H,7H2,1H3,(H,17,18)(H,19,20). The molecular weight excluding hydrogens is 342 g/mol. The Morgan fingerprint density at radius 1 is 1.35 bits per heavy atom. The second-order valence-electron chi connectivity index (χ2n) is 4.11. The summed E-state index contributed by atoms with van der Waals surface area (Å²) in [4.78, 5) is 16.2. The minimum absolute atomic E-state index is 0.225. The first-order valence-electron chi connectivity index (χ1n) is 5.96. The van der Waals surface area contributed by atoms with Crippen LogP contribution in [-0.2, 0) is 6.54 Å². The number of pyridine rings is 1. The number of nitrogens with zero attached hydrogens (tertiary/aromatic N) is 1. The van der Waals surface area contributed by atoms with Crippen molar-refractivity contribution in [3.8, 4) is 0 Å². The number of nitrogens with one attached hydrogen (secondary N) is 2. The van der Waals surface area contributed by atoms with Crippen LogP contribution in [0.3, 0.4) is 0 Å². The number of hydrogen-bond acceptors (Lipinski definition) is 3. The van der Waals surface area contributed by atoms with Crippen molar-refractivity contribution in [3.63, 3.8) is 0 Å². The van der Waals surface area contributed by atoms with E-state index in [-0.39, 0.29) is 5.91 Å². The van der Waals surface area contributed by atoms with Crippen molar-refractivity contribution in [1.29, 1.82) is 0 Å². The fourth-order valence-electron chi connectivity index (χ4n) is 1.63. The highest BCUT2D eigenvalue weighted by Crippen LogP contribution is 2.18. The van der Waals surface area contributed by atoms with Crippen LogP contribution in [0, 0.1) is 0 Å². The number of amides is 1. The topological polar surface area (TPSA) is 54.0 Å². The fraction of sp³-hybridized carbons (Fsp3) is 0.143. The summed E-state index contributed by atoms with van der Waals surface area (Å²) in [6, 6.07) is 9.37. The third kappa shape index (κ3) is 3.71. The smallest absolute Gasteiger partial charge is 0.253 e. The maximum atomic E-state index is 12.1. The van der Waals surface area contributed by atoms with Gasteiger partial charge in [-0.2, -0.15) is 0 Å². The van der Waals surface area contributed by atoms with Gasteiger partial charge in [-0.25, -0.2) is 4.98 Å². The number of halogens is 2. The number of anilines is 1. The summed E-state index contributed by atoms with van der Waals surface area (Å²) in [5.74, 6) is 0.375. The number of aromatic nitrogens is 1. The van der Waals surface area contributed by atoms with Crippen molar-refractivity contribution in [3.05, 3.63) is 57.2 Å². The first-order chi connectivity index (χ1) is 9.60. The van der Waals surface area contributed by atoms with Gasteiger partial charge in [-0.05, 0) is 23.8 Å². The first-order valence-corrected chi connectivity index (χ1v) is 7.13. The van der Waals surface area contributed by atoms with Crippen molar-refractivity contribution in [2.75, 3.05) is 12.4 Å². The van der Waals surface area contributed by atoms with Crippen LogP contribution in [-0.4, -0.2) is 17.9 Å². The lowest BCUT2D eigenvalue weighted by atomic mass is 10.2. The molecule has 0 aliphatic rings. The molecule has 0 spiro atoms. The zero-order valence-electron chi connectivity index (χ0n) is 10.8. The largest absolute Gasteiger partial charge is 0.373 e. The molecule has 0 unspecified atom stereocenters. The van der Waals surface area contributed by atoms with Crippen molar-refractivity contribution in [2.45, 2.75) is 6.54 Å². The first kappa shape index (κ1) is 14.8. The van der Waals surface area contributed by atoms with Crippen LogP contribution in [0.2, 0.25) is 5.02 Å². The van der Waals surface area contributed by atoms with Gasteiger partial charge in [-0.1, -0.05) is 39.7 Å². The summed E-state index contributed by atoms with van der Waals surface area (Å²) in [5.41, 5.74) is 1.42. The van der Waals surface area contributed by atoms with Crippen LogP contribution < -0.4 is 10.6 Å². The van der Waals surface area contributed by atoms with Gasteiger partial charge in [0.05, 0.1) is 10.6 Å². The molecule has 0 saturated heterocycles. The molecule has 0 bridgehead atoms. The highest BCUT2D eigenvalue weighted by Gasteiger charge is 2.11. The van der Waals surface area contributed by atoms with Gasteiger partial charge in [-0.3, -0.25) is 4.79 Å². The summed E-state index contributed by atoms with van der Waals surface area (Å²) in [7, 11) is 1.74. The van der Waals surface area contributed by atoms with E-state index in [9.17, 15) is 4.79 Å². The van der Waals surface area contributed by atoms with Crippen molar-refractivity contribution in [2.24, 2.45) is 0 Å². The SMILES string of the molecule is CNc1cc(C(=O)NCc2ccc(Br)cc2)c(Cl)cn1. The third-order valence-corrected chi connectivity index (χ3v) is 3.55. The van der Waals surface area contributed by atoms with E-state index in [4.69, 9.17) is 11.6 Å². The maximum absolute atomic E-state index is 12.1. The molecule has 6 heteroatoms. The molecule has 2 N–H and O–H groups in total. The van der Waals surface area contributed by atoms with E-state index in [1.165, 1.54) is 6.20 Å². The Morgan fingerprint density at radius 2 is 2.05 bits per heavy atom. The molecule has 0 aliphatic heterocycles. The molecule has 1 amide bonds. The van der Waals surface area contributed by atoms with Crippen LogP contribution in [0.5, 0.6) is 0 Å². The minimum atomic E-state index is -0.225. The molecule has 1 heterocycles. The van der Waals surface area contributed by atoms with Gasteiger partial charge in [0.2, 0.25) is 0 Å². The van der Waals surface area contributed by atoms with E-state index in [0.29, 0.717) is 22.9 Å². The second kappa shape index (κ2) is 6.72. The molecule has 0 saturated carbocycles. The van der Waals surface area contributed by atoms with Gasteiger partial charge in [0.1, 0.15) is 5.82 Å². The summed E-state index contributed by atoms with van der Waals surface area (Å²) >= 11 is 9.36. The average molecular weight is 355 g/mol. The Morgan fingerprint density at radius 3 is 2.70 bits per heavy atom. The molecule has 104 valence electrons. The maximum Gasteiger partial charge on any atom is 0.253 e. The van der Waals surface area contributed by atoms with Gasteiger partial charge in [-0.15, -0.1) is 0 Å². The Balaban J connectivity index is 2.06. The van der Waals surface area contributed by atoms with E-state index in [1.807, 2.05) is 24.3 Å².